The van der Waals surface area contributed by atoms with Gasteiger partial charge < -0.3 is 14.8 Å². The molecule has 9 nitrogen and oxygen atoms in total. The number of aromatic nitrogens is 4. The van der Waals surface area contributed by atoms with Gasteiger partial charge in [-0.25, -0.2) is 9.50 Å². The first kappa shape index (κ1) is 17.0. The summed E-state index contributed by atoms with van der Waals surface area (Å²) in [6, 6.07) is 10.5. The van der Waals surface area contributed by atoms with Crippen molar-refractivity contribution in [3.05, 3.63) is 58.6 Å². The number of anilines is 1. The van der Waals surface area contributed by atoms with Gasteiger partial charge in [-0.15, -0.1) is 0 Å². The number of amides is 1. The Labute approximate surface area is 169 Å². The van der Waals surface area contributed by atoms with Crippen molar-refractivity contribution in [3.8, 4) is 11.5 Å². The first-order valence-corrected chi connectivity index (χ1v) is 9.74. The molecular weight excluding hydrogens is 386 g/mol. The van der Waals surface area contributed by atoms with E-state index in [0.717, 1.165) is 18.5 Å². The van der Waals surface area contributed by atoms with E-state index in [1.165, 1.54) is 4.57 Å². The minimum atomic E-state index is -0.326. The van der Waals surface area contributed by atoms with Crippen LogP contribution in [0.4, 0.5) is 5.69 Å². The molecule has 1 amide bonds. The van der Waals surface area contributed by atoms with Gasteiger partial charge in [0.05, 0.1) is 11.2 Å². The molecule has 1 aliphatic heterocycles. The Morgan fingerprint density at radius 3 is 2.87 bits per heavy atom. The third-order valence-electron chi connectivity index (χ3n) is 5.40. The van der Waals surface area contributed by atoms with Gasteiger partial charge in [0.1, 0.15) is 12.1 Å². The Balaban J connectivity index is 1.38. The first-order chi connectivity index (χ1) is 14.7. The van der Waals surface area contributed by atoms with E-state index in [2.05, 4.69) is 15.4 Å². The minimum absolute atomic E-state index is 0.143. The number of pyridine rings is 1. The fraction of sp³-hybridized carbons (Fsp3) is 0.238. The van der Waals surface area contributed by atoms with E-state index in [1.807, 2.05) is 6.07 Å². The number of ether oxygens (including phenoxy) is 2. The Morgan fingerprint density at radius 1 is 1.13 bits per heavy atom. The Bertz CT molecular complexity index is 1390. The lowest BCUT2D eigenvalue weighted by molar-refractivity contribution is -0.116. The number of nitrogens with one attached hydrogen (secondary N) is 1. The molecule has 0 atom stereocenters. The van der Waals surface area contributed by atoms with Gasteiger partial charge >= 0.3 is 0 Å². The lowest BCUT2D eigenvalue weighted by Gasteiger charge is -2.11. The van der Waals surface area contributed by atoms with E-state index < -0.39 is 0 Å². The number of carbonyl (C=O) groups excluding carboxylic acids is 1. The van der Waals surface area contributed by atoms with Gasteiger partial charge in [0, 0.05) is 23.9 Å². The second kappa shape index (κ2) is 6.31. The van der Waals surface area contributed by atoms with Crippen molar-refractivity contribution in [2.24, 2.45) is 0 Å². The zero-order valence-electron chi connectivity index (χ0n) is 15.9. The molecule has 1 N–H and O–H groups in total. The van der Waals surface area contributed by atoms with Crippen molar-refractivity contribution in [1.29, 1.82) is 0 Å². The zero-order valence-corrected chi connectivity index (χ0v) is 15.9. The van der Waals surface area contributed by atoms with Crippen LogP contribution in [0.2, 0.25) is 0 Å². The molecule has 2 aliphatic rings. The molecule has 1 saturated carbocycles. The molecule has 150 valence electrons. The van der Waals surface area contributed by atoms with Crippen LogP contribution < -0.4 is 20.3 Å². The van der Waals surface area contributed by atoms with E-state index in [0.29, 0.717) is 39.8 Å². The van der Waals surface area contributed by atoms with Gasteiger partial charge in [-0.2, -0.15) is 5.10 Å². The molecule has 0 saturated heterocycles. The van der Waals surface area contributed by atoms with Crippen LogP contribution in [-0.2, 0) is 11.3 Å². The predicted octanol–water partition coefficient (Wildman–Crippen LogP) is 2.29. The summed E-state index contributed by atoms with van der Waals surface area (Å²) in [5.41, 5.74) is 2.74. The third kappa shape index (κ3) is 2.70. The largest absolute Gasteiger partial charge is 0.454 e. The highest BCUT2D eigenvalue weighted by molar-refractivity contribution is 5.92. The summed E-state index contributed by atoms with van der Waals surface area (Å²) in [4.78, 5) is 30.4. The molecule has 0 radical (unpaired) electrons. The molecule has 9 heteroatoms. The highest BCUT2D eigenvalue weighted by Crippen LogP contribution is 2.39. The van der Waals surface area contributed by atoms with Crippen LogP contribution >= 0.6 is 0 Å². The molecule has 4 aromatic rings. The van der Waals surface area contributed by atoms with Gasteiger partial charge in [-0.3, -0.25) is 14.2 Å². The smallest absolute Gasteiger partial charge is 0.277 e. The molecule has 6 rings (SSSR count). The van der Waals surface area contributed by atoms with E-state index >= 15 is 0 Å². The van der Waals surface area contributed by atoms with Crippen LogP contribution in [0, 0.1) is 0 Å². The average molecular weight is 403 g/mol. The molecule has 0 bridgehead atoms. The van der Waals surface area contributed by atoms with E-state index in [9.17, 15) is 9.59 Å². The summed E-state index contributed by atoms with van der Waals surface area (Å²) in [6.45, 7) is 0.0191. The van der Waals surface area contributed by atoms with Crippen molar-refractivity contribution < 1.29 is 14.3 Å². The highest BCUT2D eigenvalue weighted by atomic mass is 16.7. The predicted molar refractivity (Wildman–Crippen MR) is 108 cm³/mol. The second-order valence-corrected chi connectivity index (χ2v) is 7.49. The monoisotopic (exact) mass is 403 g/mol. The molecule has 1 fully saturated rings. The summed E-state index contributed by atoms with van der Waals surface area (Å²) in [7, 11) is 0. The number of rotatable bonds is 4. The van der Waals surface area contributed by atoms with Gasteiger partial charge in [0.2, 0.25) is 12.7 Å². The van der Waals surface area contributed by atoms with E-state index in [4.69, 9.17) is 9.47 Å². The Kier molecular flexibility index (Phi) is 3.58. The van der Waals surface area contributed by atoms with Crippen molar-refractivity contribution in [3.63, 3.8) is 0 Å². The van der Waals surface area contributed by atoms with Crippen molar-refractivity contribution in [1.82, 2.24) is 19.2 Å². The normalized spacial score (nSPS) is 15.1. The highest BCUT2D eigenvalue weighted by Gasteiger charge is 2.28. The average Bonchev–Trinajstić information content (AvgIpc) is 3.32. The van der Waals surface area contributed by atoms with Crippen LogP contribution in [0.25, 0.3) is 16.7 Å². The quantitative estimate of drug-likeness (QED) is 0.561. The number of carbonyl (C=O) groups is 1. The number of benzene rings is 1. The summed E-state index contributed by atoms with van der Waals surface area (Å²) in [6.07, 6.45) is 3.82. The fourth-order valence-corrected chi connectivity index (χ4v) is 3.78. The third-order valence-corrected chi connectivity index (χ3v) is 5.40. The minimum Gasteiger partial charge on any atom is -0.454 e. The van der Waals surface area contributed by atoms with E-state index in [1.54, 1.807) is 41.0 Å². The molecular formula is C21H17N5O4. The van der Waals surface area contributed by atoms with Crippen LogP contribution in [-0.4, -0.2) is 31.9 Å². The topological polar surface area (TPSA) is 99.8 Å². The first-order valence-electron chi connectivity index (χ1n) is 9.74. The van der Waals surface area contributed by atoms with Crippen molar-refractivity contribution in [2.45, 2.75) is 25.3 Å². The van der Waals surface area contributed by atoms with Crippen LogP contribution in [0.15, 0.2) is 47.4 Å². The zero-order chi connectivity index (χ0) is 20.2. The fourth-order valence-electron chi connectivity index (χ4n) is 3.78. The number of fused-ring (bicyclic) bond motifs is 4. The summed E-state index contributed by atoms with van der Waals surface area (Å²) in [5.74, 6) is 1.30. The van der Waals surface area contributed by atoms with Crippen molar-refractivity contribution >= 4 is 28.3 Å². The maximum absolute atomic E-state index is 13.2. The SMILES string of the molecule is O=C(Cn1c(=O)c2cc(C3CC3)nn2c2ncccc21)Nc1ccc2c(c1)OCO2. The summed E-state index contributed by atoms with van der Waals surface area (Å²) in [5, 5.41) is 7.42. The number of hydrogen-bond donors (Lipinski definition) is 1. The van der Waals surface area contributed by atoms with Gasteiger partial charge in [-0.1, -0.05) is 0 Å². The number of hydrogen-bond acceptors (Lipinski definition) is 6. The van der Waals surface area contributed by atoms with Gasteiger partial charge in [0.25, 0.3) is 5.56 Å². The van der Waals surface area contributed by atoms with Gasteiger partial charge in [-0.05, 0) is 43.2 Å². The molecule has 30 heavy (non-hydrogen) atoms. The molecule has 0 unspecified atom stereocenters. The van der Waals surface area contributed by atoms with Crippen LogP contribution in [0.5, 0.6) is 11.5 Å². The van der Waals surface area contributed by atoms with Crippen LogP contribution in [0.3, 0.4) is 0 Å². The second-order valence-electron chi connectivity index (χ2n) is 7.49. The maximum atomic E-state index is 13.2. The molecule has 3 aromatic heterocycles. The Morgan fingerprint density at radius 2 is 2.00 bits per heavy atom. The summed E-state index contributed by atoms with van der Waals surface area (Å²) >= 11 is 0. The summed E-state index contributed by atoms with van der Waals surface area (Å²) < 4.78 is 13.7. The maximum Gasteiger partial charge on any atom is 0.277 e. The molecule has 0 spiro atoms. The molecule has 1 aromatic carbocycles. The molecule has 1 aliphatic carbocycles. The van der Waals surface area contributed by atoms with E-state index in [-0.39, 0.29) is 24.8 Å². The van der Waals surface area contributed by atoms with Crippen LogP contribution in [0.1, 0.15) is 24.5 Å². The molecule has 4 heterocycles. The lowest BCUT2D eigenvalue weighted by Crippen LogP contribution is -2.29. The van der Waals surface area contributed by atoms with Gasteiger partial charge in [0.15, 0.2) is 17.1 Å². The number of nitrogens with zero attached hydrogens (tertiary/aromatic N) is 4. The lowest BCUT2D eigenvalue weighted by atomic mass is 10.2. The standard InChI is InChI=1S/C21H17N5O4/c27-19(23-13-5-6-17-18(8-13)30-11-29-17)10-25-15-2-1-7-22-20(15)26-16(21(25)28)9-14(24-26)12-3-4-12/h1-2,5-9,12H,3-4,10-11H2,(H,23,27). The van der Waals surface area contributed by atoms with Crippen molar-refractivity contribution in [2.75, 3.05) is 12.1 Å². The Hall–Kier alpha value is -3.88.